The Bertz CT molecular complexity index is 1550. The SMILES string of the molecule is Cc1ccc(Cc2nn3c(=O)c(=Cc4cc(C(C)(C)C)c(O)c(C(C)(C)C)c4)sc3nc2=O)cc1. The molecule has 4 rings (SSSR count). The van der Waals surface area contributed by atoms with Crippen molar-refractivity contribution in [3.63, 3.8) is 0 Å². The van der Waals surface area contributed by atoms with Gasteiger partial charge in [0, 0.05) is 17.5 Å². The van der Waals surface area contributed by atoms with Crippen LogP contribution >= 0.6 is 11.3 Å². The zero-order chi connectivity index (χ0) is 25.7. The standard InChI is InChI=1S/C28H31N3O3S/c1-16-8-10-17(11-9-16)14-21-24(33)29-26-31(30-21)25(34)22(35-26)15-18-12-19(27(2,3)4)23(32)20(13-18)28(5,6)7/h8-13,15,32H,14H2,1-7H3. The van der Waals surface area contributed by atoms with Crippen LogP contribution in [0, 0.1) is 6.92 Å². The first kappa shape index (κ1) is 24.8. The van der Waals surface area contributed by atoms with E-state index < -0.39 is 5.56 Å². The highest BCUT2D eigenvalue weighted by atomic mass is 32.1. The van der Waals surface area contributed by atoms with Crippen LogP contribution < -0.4 is 15.7 Å². The summed E-state index contributed by atoms with van der Waals surface area (Å²) in [7, 11) is 0. The molecule has 6 nitrogen and oxygen atoms in total. The van der Waals surface area contributed by atoms with E-state index in [4.69, 9.17) is 0 Å². The minimum atomic E-state index is -0.423. The second-order valence-electron chi connectivity index (χ2n) is 11.1. The number of aryl methyl sites for hydroxylation is 1. The Morgan fingerprint density at radius 2 is 1.54 bits per heavy atom. The lowest BCUT2D eigenvalue weighted by molar-refractivity contribution is 0.423. The molecule has 2 aromatic carbocycles. The Balaban J connectivity index is 1.86. The molecule has 0 bridgehead atoms. The van der Waals surface area contributed by atoms with Crippen LogP contribution in [-0.4, -0.2) is 19.7 Å². The van der Waals surface area contributed by atoms with Gasteiger partial charge in [0.2, 0.25) is 4.96 Å². The maximum atomic E-state index is 13.2. The minimum Gasteiger partial charge on any atom is -0.507 e. The molecule has 0 spiro atoms. The van der Waals surface area contributed by atoms with Gasteiger partial charge in [0.1, 0.15) is 11.4 Å². The largest absolute Gasteiger partial charge is 0.507 e. The number of phenolic OH excluding ortho intramolecular Hbond substituents is 1. The summed E-state index contributed by atoms with van der Waals surface area (Å²) in [6, 6.07) is 11.7. The molecule has 0 aliphatic carbocycles. The maximum absolute atomic E-state index is 13.2. The van der Waals surface area contributed by atoms with Gasteiger partial charge in [0.15, 0.2) is 0 Å². The molecule has 0 amide bonds. The van der Waals surface area contributed by atoms with Gasteiger partial charge in [-0.15, -0.1) is 0 Å². The molecule has 35 heavy (non-hydrogen) atoms. The van der Waals surface area contributed by atoms with Gasteiger partial charge in [-0.25, -0.2) is 0 Å². The van der Waals surface area contributed by atoms with Crippen LogP contribution in [0.1, 0.15) is 75.1 Å². The van der Waals surface area contributed by atoms with Gasteiger partial charge >= 0.3 is 0 Å². The molecular weight excluding hydrogens is 458 g/mol. The highest BCUT2D eigenvalue weighted by molar-refractivity contribution is 7.15. The number of thiazole rings is 1. The predicted octanol–water partition coefficient (Wildman–Crippen LogP) is 4.26. The molecule has 2 heterocycles. The number of hydrogen-bond donors (Lipinski definition) is 1. The van der Waals surface area contributed by atoms with Crippen LogP contribution in [0.5, 0.6) is 5.75 Å². The topological polar surface area (TPSA) is 84.6 Å². The molecular formula is C28H31N3O3S. The third-order valence-electron chi connectivity index (χ3n) is 5.99. The van der Waals surface area contributed by atoms with Crippen molar-refractivity contribution in [1.82, 2.24) is 14.6 Å². The van der Waals surface area contributed by atoms with Gasteiger partial charge in [-0.2, -0.15) is 14.6 Å². The molecule has 182 valence electrons. The molecule has 0 aliphatic heterocycles. The van der Waals surface area contributed by atoms with Crippen molar-refractivity contribution in [2.75, 3.05) is 0 Å². The van der Waals surface area contributed by atoms with E-state index in [1.165, 1.54) is 4.52 Å². The Morgan fingerprint density at radius 1 is 0.971 bits per heavy atom. The van der Waals surface area contributed by atoms with E-state index in [9.17, 15) is 14.7 Å². The van der Waals surface area contributed by atoms with Crippen LogP contribution in [0.4, 0.5) is 0 Å². The molecule has 7 heteroatoms. The second kappa shape index (κ2) is 8.72. The fourth-order valence-corrected chi connectivity index (χ4v) is 4.89. The number of rotatable bonds is 3. The van der Waals surface area contributed by atoms with Gasteiger partial charge < -0.3 is 5.11 Å². The zero-order valence-corrected chi connectivity index (χ0v) is 22.1. The van der Waals surface area contributed by atoms with Gasteiger partial charge in [0.25, 0.3) is 11.1 Å². The maximum Gasteiger partial charge on any atom is 0.296 e. The highest BCUT2D eigenvalue weighted by Crippen LogP contribution is 2.39. The van der Waals surface area contributed by atoms with Gasteiger partial charge in [0.05, 0.1) is 4.53 Å². The Hall–Kier alpha value is -3.32. The Labute approximate surface area is 208 Å². The first-order valence-electron chi connectivity index (χ1n) is 11.6. The number of nitrogens with zero attached hydrogens (tertiary/aromatic N) is 3. The Kier molecular flexibility index (Phi) is 6.18. The average Bonchev–Trinajstić information content (AvgIpc) is 3.03. The van der Waals surface area contributed by atoms with E-state index in [2.05, 4.69) is 10.1 Å². The molecule has 0 saturated carbocycles. The van der Waals surface area contributed by atoms with Crippen molar-refractivity contribution in [2.45, 2.75) is 65.7 Å². The molecule has 0 saturated heterocycles. The summed E-state index contributed by atoms with van der Waals surface area (Å²) < 4.78 is 1.65. The monoisotopic (exact) mass is 489 g/mol. The number of fused-ring (bicyclic) bond motifs is 1. The van der Waals surface area contributed by atoms with Crippen LogP contribution in [-0.2, 0) is 17.3 Å². The lowest BCUT2D eigenvalue weighted by Crippen LogP contribution is -2.28. The number of hydrogen-bond acceptors (Lipinski definition) is 6. The fourth-order valence-electron chi connectivity index (χ4n) is 3.99. The van der Waals surface area contributed by atoms with E-state index in [-0.39, 0.29) is 32.8 Å². The molecule has 1 N–H and O–H groups in total. The molecule has 0 atom stereocenters. The zero-order valence-electron chi connectivity index (χ0n) is 21.3. The summed E-state index contributed by atoms with van der Waals surface area (Å²) in [6.07, 6.45) is 2.10. The third-order valence-corrected chi connectivity index (χ3v) is 6.95. The lowest BCUT2D eigenvalue weighted by Gasteiger charge is -2.27. The third kappa shape index (κ3) is 5.05. The highest BCUT2D eigenvalue weighted by Gasteiger charge is 2.26. The summed E-state index contributed by atoms with van der Waals surface area (Å²) in [5.41, 5.74) is 3.44. The minimum absolute atomic E-state index is 0.238. The summed E-state index contributed by atoms with van der Waals surface area (Å²) in [5.74, 6) is 0.287. The number of aromatic nitrogens is 3. The van der Waals surface area contributed by atoms with Crippen molar-refractivity contribution >= 4 is 22.4 Å². The summed E-state index contributed by atoms with van der Waals surface area (Å²) in [4.78, 5) is 30.2. The molecule has 0 fully saturated rings. The Morgan fingerprint density at radius 3 is 2.09 bits per heavy atom. The summed E-state index contributed by atoms with van der Waals surface area (Å²) >= 11 is 1.14. The van der Waals surface area contributed by atoms with E-state index in [0.29, 0.717) is 11.0 Å². The van der Waals surface area contributed by atoms with Crippen LogP contribution in [0.3, 0.4) is 0 Å². The summed E-state index contributed by atoms with van der Waals surface area (Å²) in [5, 5.41) is 15.3. The number of aromatic hydroxyl groups is 1. The number of benzene rings is 2. The van der Waals surface area contributed by atoms with Crippen LogP contribution in [0.2, 0.25) is 0 Å². The molecule has 4 aromatic rings. The van der Waals surface area contributed by atoms with Crippen LogP contribution in [0.15, 0.2) is 46.0 Å². The van der Waals surface area contributed by atoms with Gasteiger partial charge in [-0.05, 0) is 47.1 Å². The van der Waals surface area contributed by atoms with E-state index in [1.807, 2.05) is 84.9 Å². The van der Waals surface area contributed by atoms with Gasteiger partial charge in [-0.3, -0.25) is 9.59 Å². The normalized spacial score (nSPS) is 13.1. The van der Waals surface area contributed by atoms with E-state index in [0.717, 1.165) is 39.2 Å². The van der Waals surface area contributed by atoms with Gasteiger partial charge in [-0.1, -0.05) is 82.7 Å². The van der Waals surface area contributed by atoms with Crippen molar-refractivity contribution in [1.29, 1.82) is 0 Å². The molecule has 0 aliphatic rings. The second-order valence-corrected chi connectivity index (χ2v) is 12.1. The predicted molar refractivity (Wildman–Crippen MR) is 142 cm³/mol. The molecule has 0 unspecified atom stereocenters. The first-order chi connectivity index (χ1) is 16.2. The lowest BCUT2D eigenvalue weighted by atomic mass is 9.78. The van der Waals surface area contributed by atoms with Crippen molar-refractivity contribution in [3.05, 3.63) is 95.1 Å². The van der Waals surface area contributed by atoms with E-state index in [1.54, 1.807) is 6.08 Å². The average molecular weight is 490 g/mol. The van der Waals surface area contributed by atoms with Crippen molar-refractivity contribution in [2.24, 2.45) is 0 Å². The summed E-state index contributed by atoms with van der Waals surface area (Å²) in [6.45, 7) is 14.3. The molecule has 2 aromatic heterocycles. The fraction of sp³-hybridized carbons (Fsp3) is 0.357. The van der Waals surface area contributed by atoms with Crippen LogP contribution in [0.25, 0.3) is 11.0 Å². The van der Waals surface area contributed by atoms with Crippen molar-refractivity contribution in [3.8, 4) is 5.75 Å². The number of phenols is 1. The van der Waals surface area contributed by atoms with Crippen molar-refractivity contribution < 1.29 is 5.11 Å². The molecule has 0 radical (unpaired) electrons. The van der Waals surface area contributed by atoms with E-state index >= 15 is 0 Å². The quantitative estimate of drug-likeness (QED) is 0.465. The first-order valence-corrected chi connectivity index (χ1v) is 12.4. The smallest absolute Gasteiger partial charge is 0.296 e.